The smallest absolute Gasteiger partial charge is 0.251 e. The zero-order chi connectivity index (χ0) is 12.1. The molecule has 0 saturated carbocycles. The molecule has 0 aromatic heterocycles. The number of rotatable bonds is 0. The standard InChI is InChI=1S/C9H9N3O2.C2H6/c10-7-8(13)11-5-3-1-2-4-6(5)12-9(7)14;1-2/h1-4,7H,10H2,(H,11,13)(H,12,14);1-2H3. The molecular weight excluding hydrogens is 206 g/mol. The first-order chi connectivity index (χ1) is 7.68. The number of benzene rings is 1. The average molecular weight is 221 g/mol. The van der Waals surface area contributed by atoms with Crippen molar-refractivity contribution in [1.29, 1.82) is 0 Å². The van der Waals surface area contributed by atoms with Crippen LogP contribution in [-0.2, 0) is 9.59 Å². The first kappa shape index (κ1) is 12.2. The lowest BCUT2D eigenvalue weighted by Gasteiger charge is -2.04. The van der Waals surface area contributed by atoms with Crippen molar-refractivity contribution in [2.75, 3.05) is 10.6 Å². The van der Waals surface area contributed by atoms with Crippen molar-refractivity contribution in [3.8, 4) is 0 Å². The van der Waals surface area contributed by atoms with Gasteiger partial charge in [0.25, 0.3) is 11.8 Å². The van der Waals surface area contributed by atoms with Crippen LogP contribution in [0.25, 0.3) is 0 Å². The Balaban J connectivity index is 0.000000606. The Kier molecular flexibility index (Phi) is 4.02. The van der Waals surface area contributed by atoms with Crippen LogP contribution in [0.5, 0.6) is 0 Å². The van der Waals surface area contributed by atoms with Crippen LogP contribution < -0.4 is 16.4 Å². The molecule has 0 fully saturated rings. The first-order valence-corrected chi connectivity index (χ1v) is 5.15. The van der Waals surface area contributed by atoms with Crippen molar-refractivity contribution in [2.24, 2.45) is 5.73 Å². The third-order valence-corrected chi connectivity index (χ3v) is 2.01. The molecule has 5 heteroatoms. The van der Waals surface area contributed by atoms with Crippen LogP contribution in [0.2, 0.25) is 0 Å². The summed E-state index contributed by atoms with van der Waals surface area (Å²) in [6.45, 7) is 4.00. The van der Waals surface area contributed by atoms with E-state index in [0.29, 0.717) is 11.4 Å². The summed E-state index contributed by atoms with van der Waals surface area (Å²) >= 11 is 0. The van der Waals surface area contributed by atoms with Gasteiger partial charge in [-0.3, -0.25) is 9.59 Å². The van der Waals surface area contributed by atoms with Gasteiger partial charge < -0.3 is 16.4 Å². The van der Waals surface area contributed by atoms with E-state index in [1.807, 2.05) is 13.8 Å². The number of carbonyl (C=O) groups excluding carboxylic acids is 2. The van der Waals surface area contributed by atoms with Gasteiger partial charge in [0, 0.05) is 0 Å². The summed E-state index contributed by atoms with van der Waals surface area (Å²) in [7, 11) is 0. The minimum absolute atomic E-state index is 0.493. The maximum atomic E-state index is 11.3. The highest BCUT2D eigenvalue weighted by Crippen LogP contribution is 2.23. The maximum absolute atomic E-state index is 11.3. The van der Waals surface area contributed by atoms with Crippen molar-refractivity contribution < 1.29 is 9.59 Å². The average Bonchev–Trinajstić information content (AvgIpc) is 2.42. The van der Waals surface area contributed by atoms with E-state index in [1.165, 1.54) is 0 Å². The second kappa shape index (κ2) is 5.27. The molecule has 5 nitrogen and oxygen atoms in total. The lowest BCUT2D eigenvalue weighted by atomic mass is 10.2. The molecule has 86 valence electrons. The number of nitrogens with two attached hydrogens (primary N) is 1. The van der Waals surface area contributed by atoms with Crippen LogP contribution in [0.15, 0.2) is 24.3 Å². The highest BCUT2D eigenvalue weighted by Gasteiger charge is 2.26. The van der Waals surface area contributed by atoms with Gasteiger partial charge in [-0.1, -0.05) is 26.0 Å². The Labute approximate surface area is 94.0 Å². The topological polar surface area (TPSA) is 84.2 Å². The summed E-state index contributed by atoms with van der Waals surface area (Å²) in [6, 6.07) is 5.78. The van der Waals surface area contributed by atoms with E-state index in [4.69, 9.17) is 5.73 Å². The number of anilines is 2. The number of amides is 2. The van der Waals surface area contributed by atoms with Crippen molar-refractivity contribution in [1.82, 2.24) is 0 Å². The molecule has 1 aromatic carbocycles. The number of hydrogen-bond acceptors (Lipinski definition) is 3. The van der Waals surface area contributed by atoms with Crippen LogP contribution in [0.1, 0.15) is 13.8 Å². The summed E-state index contributed by atoms with van der Waals surface area (Å²) < 4.78 is 0. The highest BCUT2D eigenvalue weighted by atomic mass is 16.2. The van der Waals surface area contributed by atoms with Gasteiger partial charge in [0.1, 0.15) is 0 Å². The molecule has 0 bridgehead atoms. The molecule has 2 rings (SSSR count). The predicted molar refractivity (Wildman–Crippen MR) is 63.0 cm³/mol. The fourth-order valence-corrected chi connectivity index (χ4v) is 1.24. The SMILES string of the molecule is CC.NC1C(=O)Nc2ccccc2NC1=O. The normalized spacial score (nSPS) is 14.9. The lowest BCUT2D eigenvalue weighted by molar-refractivity contribution is -0.125. The van der Waals surface area contributed by atoms with Crippen molar-refractivity contribution in [3.05, 3.63) is 24.3 Å². The van der Waals surface area contributed by atoms with Gasteiger partial charge in [0.2, 0.25) is 0 Å². The molecule has 0 aliphatic carbocycles. The van der Waals surface area contributed by atoms with Gasteiger partial charge in [-0.25, -0.2) is 0 Å². The fraction of sp³-hybridized carbons (Fsp3) is 0.273. The number of nitrogens with one attached hydrogen (secondary N) is 2. The third-order valence-electron chi connectivity index (χ3n) is 2.01. The second-order valence-electron chi connectivity index (χ2n) is 3.00. The molecule has 0 unspecified atom stereocenters. The second-order valence-corrected chi connectivity index (χ2v) is 3.00. The van der Waals surface area contributed by atoms with E-state index in [9.17, 15) is 9.59 Å². The Morgan fingerprint density at radius 2 is 1.38 bits per heavy atom. The molecule has 1 aromatic rings. The minimum Gasteiger partial charge on any atom is -0.322 e. The first-order valence-electron chi connectivity index (χ1n) is 5.15. The Morgan fingerprint density at radius 3 is 1.75 bits per heavy atom. The van der Waals surface area contributed by atoms with E-state index >= 15 is 0 Å². The summed E-state index contributed by atoms with van der Waals surface area (Å²) in [5, 5.41) is 5.11. The van der Waals surface area contributed by atoms with Crippen molar-refractivity contribution in [2.45, 2.75) is 19.9 Å². The van der Waals surface area contributed by atoms with E-state index in [1.54, 1.807) is 24.3 Å². The lowest BCUT2D eigenvalue weighted by Crippen LogP contribution is -2.43. The number of fused-ring (bicyclic) bond motifs is 1. The Morgan fingerprint density at radius 1 is 1.00 bits per heavy atom. The van der Waals surface area contributed by atoms with Crippen LogP contribution in [0.3, 0.4) is 0 Å². The van der Waals surface area contributed by atoms with Crippen LogP contribution in [-0.4, -0.2) is 17.9 Å². The zero-order valence-corrected chi connectivity index (χ0v) is 9.28. The highest BCUT2D eigenvalue weighted by molar-refractivity contribution is 6.18. The molecule has 0 spiro atoms. The molecule has 2 amide bonds. The van der Waals surface area contributed by atoms with Gasteiger partial charge in [0.15, 0.2) is 6.04 Å². The van der Waals surface area contributed by atoms with Gasteiger partial charge >= 0.3 is 0 Å². The summed E-state index contributed by atoms with van der Waals surface area (Å²) in [6.07, 6.45) is 0. The van der Waals surface area contributed by atoms with Gasteiger partial charge in [-0.15, -0.1) is 0 Å². The summed E-state index contributed by atoms with van der Waals surface area (Å²) in [5.41, 5.74) is 6.51. The van der Waals surface area contributed by atoms with Crippen molar-refractivity contribution in [3.63, 3.8) is 0 Å². The van der Waals surface area contributed by atoms with E-state index < -0.39 is 17.9 Å². The molecule has 1 aliphatic heterocycles. The molecule has 4 N–H and O–H groups in total. The van der Waals surface area contributed by atoms with Gasteiger partial charge in [0.05, 0.1) is 11.4 Å². The van der Waals surface area contributed by atoms with Gasteiger partial charge in [-0.05, 0) is 12.1 Å². The maximum Gasteiger partial charge on any atom is 0.251 e. The van der Waals surface area contributed by atoms with Gasteiger partial charge in [-0.2, -0.15) is 0 Å². The molecule has 1 heterocycles. The number of para-hydroxylation sites is 2. The molecular formula is C11H15N3O2. The Hall–Kier alpha value is -1.88. The molecule has 16 heavy (non-hydrogen) atoms. The molecule has 0 saturated heterocycles. The Bertz CT molecular complexity index is 367. The van der Waals surface area contributed by atoms with Crippen LogP contribution in [0, 0.1) is 0 Å². The summed E-state index contributed by atoms with van der Waals surface area (Å²) in [5.74, 6) is -0.986. The minimum atomic E-state index is -1.15. The number of hydrogen-bond donors (Lipinski definition) is 3. The molecule has 1 aliphatic rings. The zero-order valence-electron chi connectivity index (χ0n) is 9.28. The fourth-order valence-electron chi connectivity index (χ4n) is 1.24. The quantitative estimate of drug-likeness (QED) is 0.570. The van der Waals surface area contributed by atoms with E-state index in [-0.39, 0.29) is 0 Å². The third kappa shape index (κ3) is 2.38. The predicted octanol–water partition coefficient (Wildman–Crippen LogP) is 0.931. The van der Waals surface area contributed by atoms with E-state index in [2.05, 4.69) is 10.6 Å². The molecule has 0 radical (unpaired) electrons. The van der Waals surface area contributed by atoms with Crippen molar-refractivity contribution >= 4 is 23.2 Å². The summed E-state index contributed by atoms with van der Waals surface area (Å²) in [4.78, 5) is 22.6. The van der Waals surface area contributed by atoms with E-state index in [0.717, 1.165) is 0 Å². The largest absolute Gasteiger partial charge is 0.322 e. The monoisotopic (exact) mass is 221 g/mol. The molecule has 0 atom stereocenters. The van der Waals surface area contributed by atoms with Crippen LogP contribution >= 0.6 is 0 Å². The van der Waals surface area contributed by atoms with Crippen LogP contribution in [0.4, 0.5) is 11.4 Å². The number of carbonyl (C=O) groups is 2.